The van der Waals surface area contributed by atoms with Crippen LogP contribution >= 0.6 is 0 Å². The van der Waals surface area contributed by atoms with Gasteiger partial charge in [-0.05, 0) is 44.0 Å². The summed E-state index contributed by atoms with van der Waals surface area (Å²) >= 11 is 0. The first-order valence-corrected chi connectivity index (χ1v) is 6.71. The summed E-state index contributed by atoms with van der Waals surface area (Å²) in [5.74, 6) is -0.547. The number of nitrogens with zero attached hydrogens (tertiary/aromatic N) is 2. The van der Waals surface area contributed by atoms with Gasteiger partial charge >= 0.3 is 0 Å². The predicted octanol–water partition coefficient (Wildman–Crippen LogP) is 2.56. The van der Waals surface area contributed by atoms with Crippen molar-refractivity contribution in [1.82, 2.24) is 15.5 Å². The zero-order chi connectivity index (χ0) is 13.9. The van der Waals surface area contributed by atoms with Crippen molar-refractivity contribution < 1.29 is 13.3 Å². The molecule has 1 atom stereocenters. The molecule has 2 aromatic rings. The Bertz CT molecular complexity index is 574. The maximum Gasteiger partial charge on any atom is 0.263 e. The van der Waals surface area contributed by atoms with Crippen molar-refractivity contribution in [2.75, 3.05) is 13.1 Å². The molecule has 1 unspecified atom stereocenters. The fourth-order valence-electron chi connectivity index (χ4n) is 2.50. The minimum atomic E-state index is -0.695. The van der Waals surface area contributed by atoms with E-state index >= 15 is 0 Å². The van der Waals surface area contributed by atoms with E-state index in [-0.39, 0.29) is 11.5 Å². The number of nitrogens with one attached hydrogen (secondary N) is 1. The van der Waals surface area contributed by atoms with Crippen molar-refractivity contribution in [2.24, 2.45) is 5.92 Å². The molecule has 1 N–H and O–H groups in total. The number of piperidine rings is 1. The molecule has 1 aromatic heterocycles. The Labute approximate surface area is 115 Å². The molecule has 1 fully saturated rings. The van der Waals surface area contributed by atoms with E-state index in [1.54, 1.807) is 0 Å². The second-order valence-corrected chi connectivity index (χ2v) is 5.03. The molecule has 0 bridgehead atoms. The van der Waals surface area contributed by atoms with Gasteiger partial charge in [0, 0.05) is 6.42 Å². The molecule has 0 saturated carbocycles. The smallest absolute Gasteiger partial charge is 0.263 e. The second kappa shape index (κ2) is 5.66. The van der Waals surface area contributed by atoms with Crippen molar-refractivity contribution in [3.8, 4) is 11.5 Å². The number of hydrogen-bond acceptors (Lipinski definition) is 4. The molecule has 106 valence electrons. The van der Waals surface area contributed by atoms with E-state index in [4.69, 9.17) is 4.52 Å². The van der Waals surface area contributed by atoms with E-state index in [9.17, 15) is 8.78 Å². The van der Waals surface area contributed by atoms with Crippen LogP contribution in [0.25, 0.3) is 11.5 Å². The van der Waals surface area contributed by atoms with Crippen LogP contribution in [0.5, 0.6) is 0 Å². The number of hydrogen-bond donors (Lipinski definition) is 1. The van der Waals surface area contributed by atoms with Crippen LogP contribution < -0.4 is 5.32 Å². The summed E-state index contributed by atoms with van der Waals surface area (Å²) in [5.41, 5.74) is -0.256. The third kappa shape index (κ3) is 2.70. The summed E-state index contributed by atoms with van der Waals surface area (Å²) in [4.78, 5) is 4.11. The monoisotopic (exact) mass is 279 g/mol. The average Bonchev–Trinajstić information content (AvgIpc) is 2.88. The van der Waals surface area contributed by atoms with Crippen LogP contribution in [0.2, 0.25) is 0 Å². The first-order chi connectivity index (χ1) is 9.74. The maximum atomic E-state index is 13.6. The average molecular weight is 279 g/mol. The fraction of sp³-hybridized carbons (Fsp3) is 0.429. The van der Waals surface area contributed by atoms with Gasteiger partial charge in [0.1, 0.15) is 17.2 Å². The number of halogens is 2. The highest BCUT2D eigenvalue weighted by atomic mass is 19.1. The summed E-state index contributed by atoms with van der Waals surface area (Å²) in [5, 5.41) is 7.13. The third-order valence-corrected chi connectivity index (χ3v) is 3.51. The van der Waals surface area contributed by atoms with Crippen LogP contribution in [0.4, 0.5) is 8.78 Å². The van der Waals surface area contributed by atoms with Crippen molar-refractivity contribution in [1.29, 1.82) is 0 Å². The predicted molar refractivity (Wildman–Crippen MR) is 68.9 cm³/mol. The molecule has 4 nitrogen and oxygen atoms in total. The van der Waals surface area contributed by atoms with Gasteiger partial charge in [0.15, 0.2) is 5.82 Å². The first kappa shape index (κ1) is 13.2. The van der Waals surface area contributed by atoms with E-state index < -0.39 is 11.6 Å². The van der Waals surface area contributed by atoms with Gasteiger partial charge in [0.2, 0.25) is 0 Å². The van der Waals surface area contributed by atoms with Crippen LogP contribution in [0.3, 0.4) is 0 Å². The lowest BCUT2D eigenvalue weighted by Gasteiger charge is -2.20. The summed E-state index contributed by atoms with van der Waals surface area (Å²) in [6, 6.07) is 3.65. The van der Waals surface area contributed by atoms with Gasteiger partial charge in [0.05, 0.1) is 0 Å². The molecule has 20 heavy (non-hydrogen) atoms. The van der Waals surface area contributed by atoms with E-state index in [2.05, 4.69) is 15.5 Å². The fourth-order valence-corrected chi connectivity index (χ4v) is 2.50. The van der Waals surface area contributed by atoms with Crippen molar-refractivity contribution >= 4 is 0 Å². The highest BCUT2D eigenvalue weighted by Gasteiger charge is 2.20. The molecule has 1 aromatic carbocycles. The van der Waals surface area contributed by atoms with E-state index in [0.717, 1.165) is 25.9 Å². The number of aromatic nitrogens is 2. The molecule has 1 aliphatic rings. The topological polar surface area (TPSA) is 51.0 Å². The van der Waals surface area contributed by atoms with Gasteiger partial charge in [0.25, 0.3) is 5.89 Å². The Kier molecular flexibility index (Phi) is 3.73. The minimum absolute atomic E-state index is 0.0978. The summed E-state index contributed by atoms with van der Waals surface area (Å²) in [6.45, 7) is 1.95. The zero-order valence-corrected chi connectivity index (χ0v) is 10.9. The SMILES string of the molecule is Fc1cccc(F)c1-c1nc(CC2CCCNC2)no1. The zero-order valence-electron chi connectivity index (χ0n) is 10.9. The first-order valence-electron chi connectivity index (χ1n) is 6.71. The van der Waals surface area contributed by atoms with Gasteiger partial charge in [-0.25, -0.2) is 8.78 Å². The molecule has 3 rings (SSSR count). The summed E-state index contributed by atoms with van der Waals surface area (Å²) in [7, 11) is 0. The normalized spacial score (nSPS) is 19.2. The Hall–Kier alpha value is -1.82. The van der Waals surface area contributed by atoms with E-state index in [1.807, 2.05) is 0 Å². The Morgan fingerprint density at radius 2 is 2.10 bits per heavy atom. The largest absolute Gasteiger partial charge is 0.334 e. The third-order valence-electron chi connectivity index (χ3n) is 3.51. The van der Waals surface area contributed by atoms with Crippen molar-refractivity contribution in [3.05, 3.63) is 35.7 Å². The minimum Gasteiger partial charge on any atom is -0.334 e. The van der Waals surface area contributed by atoms with Gasteiger partial charge < -0.3 is 9.84 Å². The summed E-state index contributed by atoms with van der Waals surface area (Å²) < 4.78 is 32.2. The Morgan fingerprint density at radius 3 is 2.80 bits per heavy atom. The molecule has 0 amide bonds. The lowest BCUT2D eigenvalue weighted by atomic mass is 9.96. The maximum absolute atomic E-state index is 13.6. The van der Waals surface area contributed by atoms with Crippen molar-refractivity contribution in [3.63, 3.8) is 0 Å². The molecule has 6 heteroatoms. The van der Waals surface area contributed by atoms with Crippen molar-refractivity contribution in [2.45, 2.75) is 19.3 Å². The lowest BCUT2D eigenvalue weighted by molar-refractivity contribution is 0.359. The lowest BCUT2D eigenvalue weighted by Crippen LogP contribution is -2.31. The molecule has 1 aliphatic heterocycles. The Morgan fingerprint density at radius 1 is 1.30 bits per heavy atom. The Balaban J connectivity index is 1.79. The molecular formula is C14H15F2N3O. The van der Waals surface area contributed by atoms with Gasteiger partial charge in [-0.15, -0.1) is 0 Å². The number of rotatable bonds is 3. The van der Waals surface area contributed by atoms with Crippen LogP contribution in [0.1, 0.15) is 18.7 Å². The molecule has 2 heterocycles. The highest BCUT2D eigenvalue weighted by Crippen LogP contribution is 2.25. The van der Waals surface area contributed by atoms with Gasteiger partial charge in [-0.1, -0.05) is 11.2 Å². The van der Waals surface area contributed by atoms with E-state index in [1.165, 1.54) is 18.2 Å². The van der Waals surface area contributed by atoms with Gasteiger partial charge in [-0.3, -0.25) is 0 Å². The molecule has 0 radical (unpaired) electrons. The molecular weight excluding hydrogens is 264 g/mol. The summed E-state index contributed by atoms with van der Waals surface area (Å²) in [6.07, 6.45) is 2.88. The quantitative estimate of drug-likeness (QED) is 0.938. The van der Waals surface area contributed by atoms with Crippen LogP contribution in [-0.2, 0) is 6.42 Å². The molecule has 0 spiro atoms. The molecule has 1 saturated heterocycles. The second-order valence-electron chi connectivity index (χ2n) is 5.03. The van der Waals surface area contributed by atoms with Crippen LogP contribution in [0, 0.1) is 17.6 Å². The van der Waals surface area contributed by atoms with Crippen LogP contribution in [-0.4, -0.2) is 23.2 Å². The highest BCUT2D eigenvalue weighted by molar-refractivity contribution is 5.54. The molecule has 0 aliphatic carbocycles. The van der Waals surface area contributed by atoms with E-state index in [0.29, 0.717) is 18.2 Å². The standard InChI is InChI=1S/C14H15F2N3O/c15-10-4-1-5-11(16)13(10)14-18-12(19-20-14)7-9-3-2-6-17-8-9/h1,4-5,9,17H,2-3,6-8H2. The van der Waals surface area contributed by atoms with Crippen LogP contribution in [0.15, 0.2) is 22.7 Å². The number of benzene rings is 1. The van der Waals surface area contributed by atoms with Gasteiger partial charge in [-0.2, -0.15) is 4.98 Å².